The average molecular weight is 282 g/mol. The molecule has 1 saturated carbocycles. The van der Waals surface area contributed by atoms with Gasteiger partial charge in [0.2, 0.25) is 11.8 Å². The summed E-state index contributed by atoms with van der Waals surface area (Å²) in [6.45, 7) is 3.15. The highest BCUT2D eigenvalue weighted by atomic mass is 16.3. The van der Waals surface area contributed by atoms with Gasteiger partial charge in [-0.15, -0.1) is 0 Å². The van der Waals surface area contributed by atoms with Gasteiger partial charge in [0.1, 0.15) is 0 Å². The lowest BCUT2D eigenvalue weighted by Crippen LogP contribution is -2.51. The Bertz CT molecular complexity index is 359. The van der Waals surface area contributed by atoms with Gasteiger partial charge >= 0.3 is 0 Å². The molecule has 0 aromatic carbocycles. The number of piperidine rings is 1. The molecular weight excluding hydrogens is 256 g/mol. The first-order chi connectivity index (χ1) is 9.61. The zero-order valence-electron chi connectivity index (χ0n) is 12.3. The predicted octanol–water partition coefficient (Wildman–Crippen LogP) is 1.05. The van der Waals surface area contributed by atoms with Gasteiger partial charge in [0.05, 0.1) is 18.1 Å². The quantitative estimate of drug-likeness (QED) is 0.813. The Morgan fingerprint density at radius 3 is 2.65 bits per heavy atom. The lowest BCUT2D eigenvalue weighted by Gasteiger charge is -2.34. The van der Waals surface area contributed by atoms with Crippen molar-refractivity contribution in [3.63, 3.8) is 0 Å². The first-order valence-corrected chi connectivity index (χ1v) is 7.88. The van der Waals surface area contributed by atoms with E-state index >= 15 is 0 Å². The highest BCUT2D eigenvalue weighted by Crippen LogP contribution is 2.21. The number of nitrogens with zero attached hydrogens (tertiary/aromatic N) is 1. The van der Waals surface area contributed by atoms with E-state index in [0.717, 1.165) is 45.1 Å². The maximum Gasteiger partial charge on any atom is 0.225 e. The van der Waals surface area contributed by atoms with E-state index < -0.39 is 6.10 Å². The third-order valence-electron chi connectivity index (χ3n) is 4.50. The van der Waals surface area contributed by atoms with Gasteiger partial charge in [-0.25, -0.2) is 0 Å². The summed E-state index contributed by atoms with van der Waals surface area (Å²) in [5, 5.41) is 12.9. The number of hydrogen-bond acceptors (Lipinski definition) is 3. The maximum atomic E-state index is 12.3. The molecule has 1 aliphatic heterocycles. The molecule has 2 amide bonds. The number of hydrogen-bond donors (Lipinski definition) is 2. The highest BCUT2D eigenvalue weighted by molar-refractivity contribution is 5.81. The van der Waals surface area contributed by atoms with E-state index in [0.29, 0.717) is 13.0 Å². The summed E-state index contributed by atoms with van der Waals surface area (Å²) in [6, 6.07) is -0.103. The van der Waals surface area contributed by atoms with Crippen molar-refractivity contribution in [1.82, 2.24) is 10.2 Å². The fourth-order valence-corrected chi connectivity index (χ4v) is 3.22. The minimum Gasteiger partial charge on any atom is -0.391 e. The normalized spacial score (nSPS) is 30.9. The van der Waals surface area contributed by atoms with Crippen molar-refractivity contribution in [1.29, 1.82) is 0 Å². The molecule has 1 aliphatic carbocycles. The monoisotopic (exact) mass is 282 g/mol. The van der Waals surface area contributed by atoms with Crippen molar-refractivity contribution in [2.75, 3.05) is 13.1 Å². The van der Waals surface area contributed by atoms with Gasteiger partial charge in [-0.05, 0) is 25.7 Å². The van der Waals surface area contributed by atoms with E-state index in [1.807, 2.05) is 6.92 Å². The Morgan fingerprint density at radius 1 is 1.20 bits per heavy atom. The third kappa shape index (κ3) is 3.72. The molecule has 3 unspecified atom stereocenters. The van der Waals surface area contributed by atoms with Crippen molar-refractivity contribution in [2.24, 2.45) is 5.92 Å². The first-order valence-electron chi connectivity index (χ1n) is 7.88. The van der Waals surface area contributed by atoms with Gasteiger partial charge in [-0.2, -0.15) is 0 Å². The molecule has 114 valence electrons. The number of carbonyl (C=O) groups excluding carboxylic acids is 2. The second-order valence-electron chi connectivity index (χ2n) is 6.00. The largest absolute Gasteiger partial charge is 0.391 e. The van der Waals surface area contributed by atoms with Crippen molar-refractivity contribution in [2.45, 2.75) is 64.0 Å². The first kappa shape index (κ1) is 15.3. The summed E-state index contributed by atoms with van der Waals surface area (Å²) in [6.07, 6.45) is 5.54. The fraction of sp³-hybridized carbons (Fsp3) is 0.867. The minimum atomic E-state index is -0.412. The van der Waals surface area contributed by atoms with E-state index in [2.05, 4.69) is 5.32 Å². The summed E-state index contributed by atoms with van der Waals surface area (Å²) < 4.78 is 0. The highest BCUT2D eigenvalue weighted by Gasteiger charge is 2.31. The van der Waals surface area contributed by atoms with Crippen LogP contribution in [0.4, 0.5) is 0 Å². The Kier molecular flexibility index (Phi) is 5.40. The summed E-state index contributed by atoms with van der Waals surface area (Å²) in [7, 11) is 0. The number of likely N-dealkylation sites (tertiary alicyclic amines) is 1. The molecule has 2 N–H and O–H groups in total. The Balaban J connectivity index is 1.86. The van der Waals surface area contributed by atoms with Crippen LogP contribution in [0.3, 0.4) is 0 Å². The van der Waals surface area contributed by atoms with Crippen LogP contribution in [-0.4, -0.2) is 47.1 Å². The maximum absolute atomic E-state index is 12.3. The van der Waals surface area contributed by atoms with Crippen LogP contribution in [0.25, 0.3) is 0 Å². The predicted molar refractivity (Wildman–Crippen MR) is 76.0 cm³/mol. The van der Waals surface area contributed by atoms with Crippen molar-refractivity contribution < 1.29 is 14.7 Å². The Morgan fingerprint density at radius 2 is 1.95 bits per heavy atom. The number of carbonyl (C=O) groups is 2. The molecule has 5 heteroatoms. The summed E-state index contributed by atoms with van der Waals surface area (Å²) in [4.78, 5) is 25.8. The van der Waals surface area contributed by atoms with Gasteiger partial charge in [0, 0.05) is 19.5 Å². The van der Waals surface area contributed by atoms with Gasteiger partial charge < -0.3 is 15.3 Å². The molecule has 2 rings (SSSR count). The molecular formula is C15H26N2O3. The molecule has 1 saturated heterocycles. The smallest absolute Gasteiger partial charge is 0.225 e. The van der Waals surface area contributed by atoms with E-state index in [1.54, 1.807) is 4.90 Å². The summed E-state index contributed by atoms with van der Waals surface area (Å²) >= 11 is 0. The van der Waals surface area contributed by atoms with E-state index in [4.69, 9.17) is 0 Å². The lowest BCUT2D eigenvalue weighted by molar-refractivity contribution is -0.136. The zero-order valence-corrected chi connectivity index (χ0v) is 12.3. The van der Waals surface area contributed by atoms with Crippen LogP contribution in [0.2, 0.25) is 0 Å². The minimum absolute atomic E-state index is 0.00422. The van der Waals surface area contributed by atoms with Crippen molar-refractivity contribution in [3.8, 4) is 0 Å². The number of aliphatic hydroxyl groups is 1. The molecule has 0 radical (unpaired) electrons. The van der Waals surface area contributed by atoms with Crippen LogP contribution in [-0.2, 0) is 9.59 Å². The summed E-state index contributed by atoms with van der Waals surface area (Å²) in [5.74, 6) is 0.0122. The fourth-order valence-electron chi connectivity index (χ4n) is 3.22. The second kappa shape index (κ2) is 7.07. The second-order valence-corrected chi connectivity index (χ2v) is 6.00. The van der Waals surface area contributed by atoms with Crippen LogP contribution in [0, 0.1) is 5.92 Å². The molecule has 20 heavy (non-hydrogen) atoms. The summed E-state index contributed by atoms with van der Waals surface area (Å²) in [5.41, 5.74) is 0. The zero-order chi connectivity index (χ0) is 14.5. The van der Waals surface area contributed by atoms with Crippen LogP contribution in [0.1, 0.15) is 51.9 Å². The topological polar surface area (TPSA) is 69.6 Å². The average Bonchev–Trinajstić information content (AvgIpc) is 2.49. The Hall–Kier alpha value is -1.10. The molecule has 0 bridgehead atoms. The number of nitrogens with one attached hydrogen (secondary N) is 1. The molecule has 0 aromatic heterocycles. The molecule has 5 nitrogen and oxygen atoms in total. The molecule has 2 fully saturated rings. The van der Waals surface area contributed by atoms with Gasteiger partial charge in [-0.3, -0.25) is 9.59 Å². The number of rotatable bonds is 3. The Labute approximate surface area is 120 Å². The van der Waals surface area contributed by atoms with E-state index in [9.17, 15) is 14.7 Å². The van der Waals surface area contributed by atoms with E-state index in [-0.39, 0.29) is 23.8 Å². The molecule has 1 heterocycles. The standard InChI is InChI=1S/C15H26N2O3/c1-2-14(19)17-9-5-6-11(10-17)15(20)16-12-7-3-4-8-13(12)18/h11-13,18H,2-10H2,1H3,(H,16,20). The number of aliphatic hydroxyl groups excluding tert-OH is 1. The molecule has 3 atom stereocenters. The SMILES string of the molecule is CCC(=O)N1CCCC(C(=O)NC2CCCCC2O)C1. The van der Waals surface area contributed by atoms with Gasteiger partial charge in [0.15, 0.2) is 0 Å². The van der Waals surface area contributed by atoms with Crippen molar-refractivity contribution in [3.05, 3.63) is 0 Å². The van der Waals surface area contributed by atoms with E-state index in [1.165, 1.54) is 0 Å². The van der Waals surface area contributed by atoms with Gasteiger partial charge in [-0.1, -0.05) is 19.8 Å². The van der Waals surface area contributed by atoms with Crippen LogP contribution < -0.4 is 5.32 Å². The van der Waals surface area contributed by atoms with Gasteiger partial charge in [0.25, 0.3) is 0 Å². The molecule has 0 aromatic rings. The third-order valence-corrected chi connectivity index (χ3v) is 4.50. The molecule has 0 spiro atoms. The van der Waals surface area contributed by atoms with Crippen LogP contribution in [0.5, 0.6) is 0 Å². The van der Waals surface area contributed by atoms with Crippen LogP contribution in [0.15, 0.2) is 0 Å². The van der Waals surface area contributed by atoms with Crippen molar-refractivity contribution >= 4 is 11.8 Å². The molecule has 2 aliphatic rings. The lowest BCUT2D eigenvalue weighted by atomic mass is 9.91. The van der Waals surface area contributed by atoms with Crippen LogP contribution >= 0.6 is 0 Å². The number of amides is 2.